The molecule has 0 unspecified atom stereocenters. The Balaban J connectivity index is 0.000000510. The van der Waals surface area contributed by atoms with E-state index in [0.717, 1.165) is 24.7 Å². The predicted octanol–water partition coefficient (Wildman–Crippen LogP) is 4.93. The molecule has 21 heavy (non-hydrogen) atoms. The molecule has 3 rings (SSSR count). The zero-order valence-corrected chi connectivity index (χ0v) is 14.6. The number of fused-ring (bicyclic) bond motifs is 1. The third-order valence-electron chi connectivity index (χ3n) is 3.76. The second-order valence-electron chi connectivity index (χ2n) is 5.22. The van der Waals surface area contributed by atoms with Crippen molar-refractivity contribution in [3.05, 3.63) is 30.1 Å². The molecule has 1 aliphatic heterocycles. The number of imidazole rings is 1. The lowest BCUT2D eigenvalue weighted by molar-refractivity contribution is 0.436. The van der Waals surface area contributed by atoms with Crippen LogP contribution in [0.15, 0.2) is 24.5 Å². The number of piperidine rings is 1. The van der Waals surface area contributed by atoms with Crippen molar-refractivity contribution in [1.82, 2.24) is 9.38 Å². The Morgan fingerprint density at radius 1 is 1.10 bits per heavy atom. The minimum Gasteiger partial charge on any atom is -0.356 e. The van der Waals surface area contributed by atoms with Gasteiger partial charge in [-0.25, -0.2) is 4.98 Å². The molecule has 0 spiro atoms. The van der Waals surface area contributed by atoms with Crippen LogP contribution >= 0.6 is 0 Å². The first-order chi connectivity index (χ1) is 10.2. The molecule has 118 valence electrons. The van der Waals surface area contributed by atoms with E-state index >= 15 is 0 Å². The lowest BCUT2D eigenvalue weighted by Gasteiger charge is -2.31. The summed E-state index contributed by atoms with van der Waals surface area (Å²) in [6.07, 6.45) is 6.72. The van der Waals surface area contributed by atoms with E-state index in [1.54, 1.807) is 0 Å². The molecule has 0 saturated carbocycles. The first-order valence-electron chi connectivity index (χ1n) is 8.43. The lowest BCUT2D eigenvalue weighted by atomic mass is 9.99. The van der Waals surface area contributed by atoms with Crippen LogP contribution in [0.1, 0.15) is 53.0 Å². The Morgan fingerprint density at radius 3 is 2.33 bits per heavy atom. The van der Waals surface area contributed by atoms with Gasteiger partial charge in [-0.1, -0.05) is 34.6 Å². The van der Waals surface area contributed by atoms with Crippen molar-refractivity contribution in [2.45, 2.75) is 54.4 Å². The maximum atomic E-state index is 4.50. The summed E-state index contributed by atoms with van der Waals surface area (Å²) in [7, 11) is 0. The third-order valence-corrected chi connectivity index (χ3v) is 3.76. The highest BCUT2D eigenvalue weighted by molar-refractivity contribution is 5.53. The van der Waals surface area contributed by atoms with Gasteiger partial charge in [0, 0.05) is 19.3 Å². The molecule has 0 atom stereocenters. The fourth-order valence-corrected chi connectivity index (χ4v) is 2.54. The van der Waals surface area contributed by atoms with Crippen molar-refractivity contribution >= 4 is 11.5 Å². The van der Waals surface area contributed by atoms with Crippen molar-refractivity contribution in [1.29, 1.82) is 0 Å². The van der Waals surface area contributed by atoms with E-state index in [0.29, 0.717) is 0 Å². The lowest BCUT2D eigenvalue weighted by Crippen LogP contribution is -2.33. The van der Waals surface area contributed by atoms with Crippen molar-refractivity contribution in [3.8, 4) is 0 Å². The molecule has 0 aromatic carbocycles. The highest BCUT2D eigenvalue weighted by Crippen LogP contribution is 2.23. The van der Waals surface area contributed by atoms with Crippen LogP contribution in [0.25, 0.3) is 5.65 Å². The summed E-state index contributed by atoms with van der Waals surface area (Å²) < 4.78 is 2.20. The van der Waals surface area contributed by atoms with Gasteiger partial charge in [-0.2, -0.15) is 0 Å². The molecule has 0 radical (unpaired) electrons. The summed E-state index contributed by atoms with van der Waals surface area (Å²) >= 11 is 0. The topological polar surface area (TPSA) is 20.5 Å². The second-order valence-corrected chi connectivity index (χ2v) is 5.22. The van der Waals surface area contributed by atoms with E-state index in [-0.39, 0.29) is 0 Å². The van der Waals surface area contributed by atoms with E-state index in [1.807, 2.05) is 33.9 Å². The Labute approximate surface area is 130 Å². The maximum absolute atomic E-state index is 4.50. The smallest absolute Gasteiger partial charge is 0.138 e. The van der Waals surface area contributed by atoms with Gasteiger partial charge in [-0.05, 0) is 43.4 Å². The highest BCUT2D eigenvalue weighted by atomic mass is 15.2. The number of anilines is 1. The molecule has 0 bridgehead atoms. The first kappa shape index (κ1) is 17.5. The molecule has 3 nitrogen and oxygen atoms in total. The summed E-state index contributed by atoms with van der Waals surface area (Å²) in [5.41, 5.74) is 2.32. The minimum absolute atomic E-state index is 0.868. The van der Waals surface area contributed by atoms with E-state index < -0.39 is 0 Å². The van der Waals surface area contributed by atoms with Crippen LogP contribution < -0.4 is 4.90 Å². The maximum Gasteiger partial charge on any atom is 0.138 e. The van der Waals surface area contributed by atoms with Gasteiger partial charge in [0.2, 0.25) is 0 Å². The van der Waals surface area contributed by atoms with E-state index in [2.05, 4.69) is 46.5 Å². The average Bonchev–Trinajstić information content (AvgIpc) is 2.95. The fourth-order valence-electron chi connectivity index (χ4n) is 2.54. The van der Waals surface area contributed by atoms with Gasteiger partial charge in [0.25, 0.3) is 0 Å². The number of aryl methyl sites for hydroxylation is 1. The predicted molar refractivity (Wildman–Crippen MR) is 93.2 cm³/mol. The second kappa shape index (κ2) is 8.71. The standard InChI is InChI=1S/C14H19N3.2C2H6/c1-11-3-6-16(7-4-11)14-10-15-13-9-12(2)5-8-17(13)14;2*1-2/h5,8-11H,3-4,6-7H2,1-2H3;2*1-2H3. The summed E-state index contributed by atoms with van der Waals surface area (Å²) in [5, 5.41) is 0. The Hall–Kier alpha value is -1.51. The van der Waals surface area contributed by atoms with Gasteiger partial charge in [-0.3, -0.25) is 4.40 Å². The zero-order chi connectivity index (χ0) is 15.8. The van der Waals surface area contributed by atoms with Crippen LogP contribution in [-0.2, 0) is 0 Å². The van der Waals surface area contributed by atoms with Crippen LogP contribution in [0.3, 0.4) is 0 Å². The summed E-state index contributed by atoms with van der Waals surface area (Å²) in [5.74, 6) is 2.11. The van der Waals surface area contributed by atoms with Crippen molar-refractivity contribution < 1.29 is 0 Å². The van der Waals surface area contributed by atoms with E-state index in [9.17, 15) is 0 Å². The third kappa shape index (κ3) is 4.23. The van der Waals surface area contributed by atoms with Crippen molar-refractivity contribution in [3.63, 3.8) is 0 Å². The number of hydrogen-bond acceptors (Lipinski definition) is 2. The van der Waals surface area contributed by atoms with Gasteiger partial charge in [0.15, 0.2) is 0 Å². The van der Waals surface area contributed by atoms with E-state index in [1.165, 1.54) is 24.2 Å². The molecule has 0 aliphatic carbocycles. The SMILES string of the molecule is CC.CC.Cc1ccn2c(N3CCC(C)CC3)cnc2c1. The van der Waals surface area contributed by atoms with Crippen molar-refractivity contribution in [2.24, 2.45) is 5.92 Å². The largest absolute Gasteiger partial charge is 0.356 e. The summed E-state index contributed by atoms with van der Waals surface area (Å²) in [6, 6.07) is 4.28. The molecule has 2 aromatic rings. The van der Waals surface area contributed by atoms with Gasteiger partial charge < -0.3 is 4.90 Å². The minimum atomic E-state index is 0.868. The molecule has 0 amide bonds. The molecule has 2 aromatic heterocycles. The molecule has 1 saturated heterocycles. The first-order valence-corrected chi connectivity index (χ1v) is 8.43. The number of aromatic nitrogens is 2. The van der Waals surface area contributed by atoms with Crippen LogP contribution in [0.5, 0.6) is 0 Å². The van der Waals surface area contributed by atoms with Crippen molar-refractivity contribution in [2.75, 3.05) is 18.0 Å². The number of rotatable bonds is 1. The fraction of sp³-hybridized carbons (Fsp3) is 0.611. The van der Waals surface area contributed by atoms with Gasteiger partial charge in [-0.15, -0.1) is 0 Å². The molecule has 3 heterocycles. The summed E-state index contributed by atoms with van der Waals surface area (Å²) in [4.78, 5) is 6.95. The molecule has 0 N–H and O–H groups in total. The monoisotopic (exact) mass is 289 g/mol. The number of hydrogen-bond donors (Lipinski definition) is 0. The Morgan fingerprint density at radius 2 is 1.71 bits per heavy atom. The number of pyridine rings is 1. The van der Waals surface area contributed by atoms with Crippen LogP contribution in [0.2, 0.25) is 0 Å². The quantitative estimate of drug-likeness (QED) is 0.742. The Kier molecular flexibility index (Phi) is 7.27. The van der Waals surface area contributed by atoms with Gasteiger partial charge in [0.05, 0.1) is 6.20 Å². The molecule has 1 aliphatic rings. The molecule has 1 fully saturated rings. The zero-order valence-electron chi connectivity index (χ0n) is 14.6. The highest BCUT2D eigenvalue weighted by Gasteiger charge is 2.18. The summed E-state index contributed by atoms with van der Waals surface area (Å²) in [6.45, 7) is 14.8. The number of nitrogens with zero attached hydrogens (tertiary/aromatic N) is 3. The molecule has 3 heteroatoms. The van der Waals surface area contributed by atoms with Crippen LogP contribution in [0.4, 0.5) is 5.82 Å². The average molecular weight is 289 g/mol. The van der Waals surface area contributed by atoms with Crippen LogP contribution in [-0.4, -0.2) is 22.5 Å². The van der Waals surface area contributed by atoms with E-state index in [4.69, 9.17) is 0 Å². The van der Waals surface area contributed by atoms with Gasteiger partial charge >= 0.3 is 0 Å². The normalized spacial score (nSPS) is 15.0. The van der Waals surface area contributed by atoms with Crippen LogP contribution in [0, 0.1) is 12.8 Å². The van der Waals surface area contributed by atoms with Gasteiger partial charge in [0.1, 0.15) is 11.5 Å². The molecular weight excluding hydrogens is 258 g/mol. The molecular formula is C18H31N3. The Bertz CT molecular complexity index is 522.